The Labute approximate surface area is 137 Å². The predicted octanol–water partition coefficient (Wildman–Crippen LogP) is 2.72. The van der Waals surface area contributed by atoms with Crippen molar-refractivity contribution in [1.82, 2.24) is 19.8 Å². The summed E-state index contributed by atoms with van der Waals surface area (Å²) in [6.45, 7) is 3.21. The average molecular weight is 314 g/mol. The summed E-state index contributed by atoms with van der Waals surface area (Å²) < 4.78 is 7.63. The van der Waals surface area contributed by atoms with E-state index in [1.165, 1.54) is 31.5 Å². The van der Waals surface area contributed by atoms with E-state index < -0.39 is 0 Å². The molecule has 0 bridgehead atoms. The first-order valence-corrected chi connectivity index (χ1v) is 8.77. The van der Waals surface area contributed by atoms with Crippen LogP contribution in [0, 0.1) is 5.92 Å². The molecule has 1 aliphatic carbocycles. The summed E-state index contributed by atoms with van der Waals surface area (Å²) in [4.78, 5) is 7.08. The van der Waals surface area contributed by atoms with Gasteiger partial charge in [0.05, 0.1) is 18.8 Å². The lowest BCUT2D eigenvalue weighted by Gasteiger charge is -2.34. The van der Waals surface area contributed by atoms with Gasteiger partial charge in [0, 0.05) is 38.6 Å². The number of nitrogens with zero attached hydrogens (tertiary/aromatic N) is 3. The highest BCUT2D eigenvalue weighted by molar-refractivity contribution is 5.06. The van der Waals surface area contributed by atoms with Crippen LogP contribution in [0.2, 0.25) is 0 Å². The van der Waals surface area contributed by atoms with Crippen LogP contribution in [-0.4, -0.2) is 33.6 Å². The highest BCUT2D eigenvalue weighted by Gasteiger charge is 2.36. The third-order valence-corrected chi connectivity index (χ3v) is 5.19. The molecule has 1 saturated heterocycles. The molecule has 2 fully saturated rings. The molecule has 0 aromatic carbocycles. The summed E-state index contributed by atoms with van der Waals surface area (Å²) in [5, 5.41) is 3.91. The molecule has 1 atom stereocenters. The van der Waals surface area contributed by atoms with Crippen molar-refractivity contribution in [2.24, 2.45) is 13.0 Å². The molecule has 23 heavy (non-hydrogen) atoms. The van der Waals surface area contributed by atoms with Crippen molar-refractivity contribution in [3.05, 3.63) is 42.4 Å². The lowest BCUT2D eigenvalue weighted by Crippen LogP contribution is -2.44. The SMILES string of the molecule is Cn1ccnc1[C@@H](NC1CCN(Cc2ccco2)CC1)C1CC1. The molecule has 1 aliphatic heterocycles. The van der Waals surface area contributed by atoms with Gasteiger partial charge >= 0.3 is 0 Å². The zero-order valence-corrected chi connectivity index (χ0v) is 13.8. The van der Waals surface area contributed by atoms with Crippen LogP contribution < -0.4 is 5.32 Å². The molecule has 2 aromatic heterocycles. The first kappa shape index (κ1) is 15.0. The Balaban J connectivity index is 1.32. The number of piperidine rings is 1. The number of rotatable bonds is 6. The van der Waals surface area contributed by atoms with E-state index in [9.17, 15) is 0 Å². The normalized spacial score (nSPS) is 21.6. The van der Waals surface area contributed by atoms with Crippen LogP contribution in [0.5, 0.6) is 0 Å². The Hall–Kier alpha value is -1.59. The van der Waals surface area contributed by atoms with Gasteiger partial charge in [-0.2, -0.15) is 0 Å². The van der Waals surface area contributed by atoms with Crippen LogP contribution >= 0.6 is 0 Å². The molecule has 0 spiro atoms. The van der Waals surface area contributed by atoms with E-state index in [4.69, 9.17) is 4.42 Å². The quantitative estimate of drug-likeness (QED) is 0.890. The molecular formula is C18H26N4O. The number of nitrogens with one attached hydrogen (secondary N) is 1. The van der Waals surface area contributed by atoms with Gasteiger partial charge in [-0.05, 0) is 43.7 Å². The summed E-state index contributed by atoms with van der Waals surface area (Å²) in [6, 6.07) is 5.06. The van der Waals surface area contributed by atoms with E-state index in [-0.39, 0.29) is 0 Å². The fraction of sp³-hybridized carbons (Fsp3) is 0.611. The maximum Gasteiger partial charge on any atom is 0.125 e. The summed E-state index contributed by atoms with van der Waals surface area (Å²) in [5.41, 5.74) is 0. The molecule has 0 amide bonds. The monoisotopic (exact) mass is 314 g/mol. The summed E-state index contributed by atoms with van der Waals surface area (Å²) >= 11 is 0. The van der Waals surface area contributed by atoms with Crippen LogP contribution in [0.25, 0.3) is 0 Å². The van der Waals surface area contributed by atoms with E-state index >= 15 is 0 Å². The fourth-order valence-electron chi connectivity index (χ4n) is 3.66. The van der Waals surface area contributed by atoms with Crippen LogP contribution in [-0.2, 0) is 13.6 Å². The van der Waals surface area contributed by atoms with Crippen molar-refractivity contribution >= 4 is 0 Å². The zero-order chi connectivity index (χ0) is 15.6. The Morgan fingerprint density at radius 2 is 2.13 bits per heavy atom. The number of imidazole rings is 1. The molecule has 2 aromatic rings. The molecule has 1 saturated carbocycles. The summed E-state index contributed by atoms with van der Waals surface area (Å²) in [7, 11) is 2.10. The average Bonchev–Trinajstić information content (AvgIpc) is 3.11. The van der Waals surface area contributed by atoms with Crippen molar-refractivity contribution < 1.29 is 4.42 Å². The number of aromatic nitrogens is 2. The molecule has 4 rings (SSSR count). The van der Waals surface area contributed by atoms with Gasteiger partial charge in [0.25, 0.3) is 0 Å². The Morgan fingerprint density at radius 1 is 1.30 bits per heavy atom. The molecule has 3 heterocycles. The Morgan fingerprint density at radius 3 is 2.74 bits per heavy atom. The van der Waals surface area contributed by atoms with Gasteiger partial charge in [-0.25, -0.2) is 4.98 Å². The number of furan rings is 1. The van der Waals surface area contributed by atoms with Crippen LogP contribution in [0.4, 0.5) is 0 Å². The maximum atomic E-state index is 5.46. The van der Waals surface area contributed by atoms with E-state index in [0.717, 1.165) is 31.3 Å². The van der Waals surface area contributed by atoms with Crippen molar-refractivity contribution in [3.8, 4) is 0 Å². The topological polar surface area (TPSA) is 46.2 Å². The minimum absolute atomic E-state index is 0.427. The van der Waals surface area contributed by atoms with Gasteiger partial charge in [-0.3, -0.25) is 4.90 Å². The second-order valence-electron chi connectivity index (χ2n) is 7.01. The minimum Gasteiger partial charge on any atom is -0.468 e. The number of likely N-dealkylation sites (tertiary alicyclic amines) is 1. The van der Waals surface area contributed by atoms with Gasteiger partial charge in [0.2, 0.25) is 0 Å². The van der Waals surface area contributed by atoms with Gasteiger partial charge in [-0.1, -0.05) is 0 Å². The smallest absolute Gasteiger partial charge is 0.125 e. The van der Waals surface area contributed by atoms with E-state index in [1.54, 1.807) is 6.26 Å². The highest BCUT2D eigenvalue weighted by atomic mass is 16.3. The summed E-state index contributed by atoms with van der Waals surface area (Å²) in [6.07, 6.45) is 10.8. The molecule has 5 nitrogen and oxygen atoms in total. The van der Waals surface area contributed by atoms with Crippen molar-refractivity contribution in [2.75, 3.05) is 13.1 Å². The van der Waals surface area contributed by atoms with Gasteiger partial charge in [0.1, 0.15) is 11.6 Å². The van der Waals surface area contributed by atoms with E-state index in [0.29, 0.717) is 12.1 Å². The van der Waals surface area contributed by atoms with Gasteiger partial charge in [-0.15, -0.1) is 0 Å². The van der Waals surface area contributed by atoms with Gasteiger partial charge in [0.15, 0.2) is 0 Å². The van der Waals surface area contributed by atoms with E-state index in [1.807, 2.05) is 12.3 Å². The Bertz CT molecular complexity index is 609. The first-order chi connectivity index (χ1) is 11.3. The first-order valence-electron chi connectivity index (χ1n) is 8.77. The predicted molar refractivity (Wildman–Crippen MR) is 88.8 cm³/mol. The second-order valence-corrected chi connectivity index (χ2v) is 7.01. The zero-order valence-electron chi connectivity index (χ0n) is 13.8. The second kappa shape index (κ2) is 6.49. The molecule has 5 heteroatoms. The van der Waals surface area contributed by atoms with Crippen molar-refractivity contribution in [2.45, 2.75) is 44.3 Å². The molecule has 1 N–H and O–H groups in total. The largest absolute Gasteiger partial charge is 0.468 e. The standard InChI is InChI=1S/C18H26N4O/c1-21-11-8-19-18(21)17(14-4-5-14)20-15-6-9-22(10-7-15)13-16-3-2-12-23-16/h2-3,8,11-12,14-15,17,20H,4-7,9-10,13H2,1H3/t17-/m0/s1. The number of aryl methyl sites for hydroxylation is 1. The molecule has 0 radical (unpaired) electrons. The number of hydrogen-bond acceptors (Lipinski definition) is 4. The van der Waals surface area contributed by atoms with Crippen molar-refractivity contribution in [1.29, 1.82) is 0 Å². The molecule has 124 valence electrons. The molecule has 2 aliphatic rings. The van der Waals surface area contributed by atoms with Crippen molar-refractivity contribution in [3.63, 3.8) is 0 Å². The van der Waals surface area contributed by atoms with Crippen LogP contribution in [0.15, 0.2) is 35.2 Å². The lowest BCUT2D eigenvalue weighted by atomic mass is 10.0. The molecule has 0 unspecified atom stereocenters. The maximum absolute atomic E-state index is 5.46. The Kier molecular flexibility index (Phi) is 4.23. The van der Waals surface area contributed by atoms with Gasteiger partial charge < -0.3 is 14.3 Å². The summed E-state index contributed by atoms with van der Waals surface area (Å²) in [5.74, 6) is 3.04. The van der Waals surface area contributed by atoms with Crippen LogP contribution in [0.3, 0.4) is 0 Å². The lowest BCUT2D eigenvalue weighted by molar-refractivity contribution is 0.169. The third-order valence-electron chi connectivity index (χ3n) is 5.19. The molecular weight excluding hydrogens is 288 g/mol. The highest BCUT2D eigenvalue weighted by Crippen LogP contribution is 2.41. The minimum atomic E-state index is 0.427. The fourth-order valence-corrected chi connectivity index (χ4v) is 3.66. The van der Waals surface area contributed by atoms with E-state index in [2.05, 4.69) is 39.1 Å². The van der Waals surface area contributed by atoms with Crippen LogP contribution in [0.1, 0.15) is 43.3 Å². The third kappa shape index (κ3) is 3.51. The number of hydrogen-bond donors (Lipinski definition) is 1.